The quantitative estimate of drug-likeness (QED) is 0.882. The molecule has 0 saturated heterocycles. The van der Waals surface area contributed by atoms with Gasteiger partial charge in [0.15, 0.2) is 0 Å². The van der Waals surface area contributed by atoms with E-state index in [4.69, 9.17) is 23.2 Å². The molecule has 2 aromatic rings. The molecule has 0 radical (unpaired) electrons. The Labute approximate surface area is 120 Å². The minimum absolute atomic E-state index is 0.319. The highest BCUT2D eigenvalue weighted by molar-refractivity contribution is 6.42. The van der Waals surface area contributed by atoms with Gasteiger partial charge in [-0.1, -0.05) is 41.4 Å². The van der Waals surface area contributed by atoms with Crippen LogP contribution in [0.15, 0.2) is 42.5 Å². The normalized spacial score (nSPS) is 11.7. The highest BCUT2D eigenvalue weighted by Crippen LogP contribution is 2.31. The summed E-state index contributed by atoms with van der Waals surface area (Å²) >= 11 is 12.0. The zero-order valence-corrected chi connectivity index (χ0v) is 11.2. The summed E-state index contributed by atoms with van der Waals surface area (Å²) in [5.74, 6) is -0.376. The molecule has 0 heterocycles. The summed E-state index contributed by atoms with van der Waals surface area (Å²) in [4.78, 5) is 0. The van der Waals surface area contributed by atoms with Gasteiger partial charge in [0.05, 0.1) is 16.1 Å². The van der Waals surface area contributed by atoms with Crippen LogP contribution in [-0.4, -0.2) is 0 Å². The third kappa shape index (κ3) is 3.17. The summed E-state index contributed by atoms with van der Waals surface area (Å²) in [5.41, 5.74) is 1.06. The fourth-order valence-corrected chi connectivity index (χ4v) is 2.08. The molecule has 5 heteroatoms. The minimum Gasteiger partial charge on any atom is -0.366 e. The highest BCUT2D eigenvalue weighted by Gasteiger charge is 2.15. The van der Waals surface area contributed by atoms with E-state index in [0.29, 0.717) is 21.3 Å². The number of nitriles is 1. The molecule has 0 spiro atoms. The lowest BCUT2D eigenvalue weighted by Gasteiger charge is -2.15. The Hall–Kier alpha value is -1.76. The summed E-state index contributed by atoms with van der Waals surface area (Å²) in [6.45, 7) is 0. The Balaban J connectivity index is 2.31. The van der Waals surface area contributed by atoms with E-state index in [1.165, 1.54) is 12.1 Å². The summed E-state index contributed by atoms with van der Waals surface area (Å²) in [6, 6.07) is 12.3. The highest BCUT2D eigenvalue weighted by atomic mass is 35.5. The van der Waals surface area contributed by atoms with Crippen molar-refractivity contribution in [1.82, 2.24) is 0 Å². The first-order valence-corrected chi connectivity index (χ1v) is 6.23. The third-order valence-corrected chi connectivity index (χ3v) is 3.39. The van der Waals surface area contributed by atoms with Crippen LogP contribution in [0.3, 0.4) is 0 Å². The number of hydrogen-bond donors (Lipinski definition) is 1. The van der Waals surface area contributed by atoms with Crippen molar-refractivity contribution in [2.24, 2.45) is 0 Å². The molecular formula is C14H9Cl2FN2. The molecule has 1 N–H and O–H groups in total. The van der Waals surface area contributed by atoms with Crippen LogP contribution in [0.4, 0.5) is 10.1 Å². The van der Waals surface area contributed by atoms with Gasteiger partial charge >= 0.3 is 0 Å². The number of rotatable bonds is 3. The molecule has 2 aromatic carbocycles. The SMILES string of the molecule is N#CC(Nc1cccc(F)c1)c1cccc(Cl)c1Cl. The van der Waals surface area contributed by atoms with Gasteiger partial charge in [-0.3, -0.25) is 0 Å². The van der Waals surface area contributed by atoms with Crippen LogP contribution in [0.5, 0.6) is 0 Å². The number of nitrogens with zero attached hydrogens (tertiary/aromatic N) is 1. The zero-order valence-electron chi connectivity index (χ0n) is 9.70. The number of halogens is 3. The van der Waals surface area contributed by atoms with Crippen molar-refractivity contribution in [3.63, 3.8) is 0 Å². The van der Waals surface area contributed by atoms with Crippen molar-refractivity contribution in [3.8, 4) is 6.07 Å². The van der Waals surface area contributed by atoms with E-state index in [9.17, 15) is 9.65 Å². The van der Waals surface area contributed by atoms with Crippen LogP contribution in [0.1, 0.15) is 11.6 Å². The van der Waals surface area contributed by atoms with Gasteiger partial charge in [0, 0.05) is 11.3 Å². The van der Waals surface area contributed by atoms with Crippen molar-refractivity contribution in [2.45, 2.75) is 6.04 Å². The largest absolute Gasteiger partial charge is 0.366 e. The van der Waals surface area contributed by atoms with Gasteiger partial charge in [0.2, 0.25) is 0 Å². The Bertz CT molecular complexity index is 638. The molecule has 0 aliphatic rings. The molecule has 0 fully saturated rings. The molecule has 1 atom stereocenters. The first-order valence-electron chi connectivity index (χ1n) is 5.47. The fraction of sp³-hybridized carbons (Fsp3) is 0.0714. The lowest BCUT2D eigenvalue weighted by molar-refractivity contribution is 0.628. The van der Waals surface area contributed by atoms with Gasteiger partial charge < -0.3 is 5.32 Å². The Morgan fingerprint density at radius 2 is 1.89 bits per heavy atom. The van der Waals surface area contributed by atoms with E-state index >= 15 is 0 Å². The third-order valence-electron chi connectivity index (χ3n) is 2.56. The summed E-state index contributed by atoms with van der Waals surface area (Å²) < 4.78 is 13.1. The van der Waals surface area contributed by atoms with Crippen molar-refractivity contribution < 1.29 is 4.39 Å². The predicted molar refractivity (Wildman–Crippen MR) is 74.8 cm³/mol. The minimum atomic E-state index is -0.701. The van der Waals surface area contributed by atoms with E-state index in [0.717, 1.165) is 0 Å². The van der Waals surface area contributed by atoms with E-state index in [2.05, 4.69) is 11.4 Å². The first kappa shape index (κ1) is 13.7. The molecule has 1 unspecified atom stereocenters. The molecule has 0 aliphatic heterocycles. The smallest absolute Gasteiger partial charge is 0.141 e. The summed E-state index contributed by atoms with van der Waals surface area (Å²) in [7, 11) is 0. The van der Waals surface area contributed by atoms with Crippen molar-refractivity contribution in [1.29, 1.82) is 5.26 Å². The predicted octanol–water partition coefficient (Wildman–Crippen LogP) is 4.81. The Morgan fingerprint density at radius 3 is 2.58 bits per heavy atom. The van der Waals surface area contributed by atoms with Crippen LogP contribution in [0, 0.1) is 17.1 Å². The summed E-state index contributed by atoms with van der Waals surface area (Å²) in [5, 5.41) is 12.8. The molecule has 2 nitrogen and oxygen atoms in total. The molecule has 19 heavy (non-hydrogen) atoms. The molecule has 0 aromatic heterocycles. The van der Waals surface area contributed by atoms with Crippen molar-refractivity contribution in [3.05, 3.63) is 63.9 Å². The number of nitrogens with one attached hydrogen (secondary N) is 1. The van der Waals surface area contributed by atoms with E-state index in [1.807, 2.05) is 0 Å². The van der Waals surface area contributed by atoms with Crippen LogP contribution in [0.25, 0.3) is 0 Å². The average molecular weight is 295 g/mol. The standard InChI is InChI=1S/C14H9Cl2FN2/c15-12-6-2-5-11(14(12)16)13(8-18)19-10-4-1-3-9(17)7-10/h1-7,13,19H. The molecule has 2 rings (SSSR count). The fourth-order valence-electron chi connectivity index (χ4n) is 1.67. The van der Waals surface area contributed by atoms with Gasteiger partial charge in [-0.25, -0.2) is 4.39 Å². The van der Waals surface area contributed by atoms with Crippen LogP contribution >= 0.6 is 23.2 Å². The second-order valence-corrected chi connectivity index (χ2v) is 4.65. The van der Waals surface area contributed by atoms with Crippen molar-refractivity contribution >= 4 is 28.9 Å². The maximum atomic E-state index is 13.1. The van der Waals surface area contributed by atoms with Gasteiger partial charge in [-0.2, -0.15) is 5.26 Å². The maximum absolute atomic E-state index is 13.1. The average Bonchev–Trinajstić information content (AvgIpc) is 2.40. The Kier molecular flexibility index (Phi) is 4.26. The molecule has 0 amide bonds. The van der Waals surface area contributed by atoms with Crippen molar-refractivity contribution in [2.75, 3.05) is 5.32 Å². The number of benzene rings is 2. The lowest BCUT2D eigenvalue weighted by Crippen LogP contribution is -2.09. The van der Waals surface area contributed by atoms with Gasteiger partial charge in [-0.15, -0.1) is 0 Å². The van der Waals surface area contributed by atoms with Gasteiger partial charge in [0.25, 0.3) is 0 Å². The maximum Gasteiger partial charge on any atom is 0.141 e. The topological polar surface area (TPSA) is 35.8 Å². The van der Waals surface area contributed by atoms with Gasteiger partial charge in [-0.05, 0) is 24.3 Å². The summed E-state index contributed by atoms with van der Waals surface area (Å²) in [6.07, 6.45) is 0. The van der Waals surface area contributed by atoms with E-state index in [1.54, 1.807) is 30.3 Å². The molecular weight excluding hydrogens is 286 g/mol. The van der Waals surface area contributed by atoms with E-state index in [-0.39, 0.29) is 5.82 Å². The monoisotopic (exact) mass is 294 g/mol. The second-order valence-electron chi connectivity index (χ2n) is 3.86. The Morgan fingerprint density at radius 1 is 1.16 bits per heavy atom. The number of hydrogen-bond acceptors (Lipinski definition) is 2. The van der Waals surface area contributed by atoms with Gasteiger partial charge in [0.1, 0.15) is 11.9 Å². The molecule has 0 saturated carbocycles. The molecule has 96 valence electrons. The lowest BCUT2D eigenvalue weighted by atomic mass is 10.1. The first-order chi connectivity index (χ1) is 9.11. The number of anilines is 1. The van der Waals surface area contributed by atoms with E-state index < -0.39 is 6.04 Å². The molecule has 0 bridgehead atoms. The zero-order chi connectivity index (χ0) is 13.8. The van der Waals surface area contributed by atoms with Crippen LogP contribution < -0.4 is 5.32 Å². The van der Waals surface area contributed by atoms with Crippen LogP contribution in [0.2, 0.25) is 10.0 Å². The second kappa shape index (κ2) is 5.92. The molecule has 0 aliphatic carbocycles. The van der Waals surface area contributed by atoms with Crippen LogP contribution in [-0.2, 0) is 0 Å².